The number of esters is 3. The molecule has 0 aromatic carbocycles. The summed E-state index contributed by atoms with van der Waals surface area (Å²) in [6, 6.07) is 0. The van der Waals surface area contributed by atoms with E-state index >= 15 is 0 Å². The largest absolute Gasteiger partial charge is 0.465 e. The SMILES string of the molecule is CCCCCCCCCCCCOC(=O)C(C)SP(SC(C)C(=O)OCCCCCCCCCCCC)SC(C)C(=O)OCCCCCCCCCCCC. The van der Waals surface area contributed by atoms with Crippen LogP contribution in [-0.4, -0.2) is 53.5 Å². The molecule has 0 amide bonds. The van der Waals surface area contributed by atoms with Crippen LogP contribution in [0.1, 0.15) is 234 Å². The zero-order chi connectivity index (χ0) is 40.6. The normalized spacial score (nSPS) is 13.6. The highest BCUT2D eigenvalue weighted by molar-refractivity contribution is 9.12. The lowest BCUT2D eigenvalue weighted by molar-refractivity contribution is -0.143. The van der Waals surface area contributed by atoms with Crippen molar-refractivity contribution in [3.05, 3.63) is 0 Å². The van der Waals surface area contributed by atoms with Gasteiger partial charge in [0.2, 0.25) is 0 Å². The van der Waals surface area contributed by atoms with Gasteiger partial charge in [-0.3, -0.25) is 14.4 Å². The van der Waals surface area contributed by atoms with E-state index in [4.69, 9.17) is 14.2 Å². The summed E-state index contributed by atoms with van der Waals surface area (Å²) in [7, 11) is 0. The van der Waals surface area contributed by atoms with Gasteiger partial charge in [-0.1, -0.05) is 228 Å². The Morgan fingerprint density at radius 1 is 0.345 bits per heavy atom. The van der Waals surface area contributed by atoms with E-state index in [0.29, 0.717) is 19.8 Å². The predicted octanol–water partition coefficient (Wildman–Crippen LogP) is 16.0. The zero-order valence-electron chi connectivity index (χ0n) is 36.7. The van der Waals surface area contributed by atoms with Crippen LogP contribution >= 0.6 is 39.7 Å². The first-order chi connectivity index (χ1) is 26.8. The van der Waals surface area contributed by atoms with E-state index in [0.717, 1.165) is 38.5 Å². The van der Waals surface area contributed by atoms with Crippen LogP contribution in [0.15, 0.2) is 0 Å². The molecule has 0 saturated carbocycles. The average Bonchev–Trinajstić information content (AvgIpc) is 3.17. The Kier molecular flexibility index (Phi) is 41.9. The van der Waals surface area contributed by atoms with Gasteiger partial charge in [-0.2, -0.15) is 0 Å². The molecule has 6 nitrogen and oxygen atoms in total. The molecule has 0 rings (SSSR count). The van der Waals surface area contributed by atoms with Gasteiger partial charge in [0.15, 0.2) is 0 Å². The summed E-state index contributed by atoms with van der Waals surface area (Å²) in [5.74, 6) is -0.661. The molecule has 0 aromatic rings. The van der Waals surface area contributed by atoms with Crippen LogP contribution < -0.4 is 0 Å². The maximum Gasteiger partial charge on any atom is 0.319 e. The third-order valence-corrected chi connectivity index (χ3v) is 21.0. The third-order valence-electron chi connectivity index (χ3n) is 9.95. The zero-order valence-corrected chi connectivity index (χ0v) is 40.0. The van der Waals surface area contributed by atoms with Crippen molar-refractivity contribution < 1.29 is 28.6 Å². The van der Waals surface area contributed by atoms with Crippen LogP contribution in [0, 0.1) is 0 Å². The highest BCUT2D eigenvalue weighted by Gasteiger charge is 2.30. The number of carbonyl (C=O) groups excluding carboxylic acids is 3. The summed E-state index contributed by atoms with van der Waals surface area (Å²) in [6.45, 7) is 13.7. The van der Waals surface area contributed by atoms with E-state index < -0.39 is 5.53 Å². The number of rotatable bonds is 42. The monoisotopic (exact) mass is 851 g/mol. The number of ether oxygens (including phenoxy) is 3. The Bertz CT molecular complexity index is 772. The molecule has 0 bridgehead atoms. The van der Waals surface area contributed by atoms with E-state index in [9.17, 15) is 14.4 Å². The van der Waals surface area contributed by atoms with Gasteiger partial charge in [-0.25, -0.2) is 0 Å². The molecule has 0 aliphatic carbocycles. The molecule has 55 heavy (non-hydrogen) atoms. The van der Waals surface area contributed by atoms with Crippen LogP contribution in [0.3, 0.4) is 0 Å². The third kappa shape index (κ3) is 36.7. The van der Waals surface area contributed by atoms with Crippen molar-refractivity contribution in [3.8, 4) is 0 Å². The van der Waals surface area contributed by atoms with E-state index in [1.165, 1.54) is 188 Å². The van der Waals surface area contributed by atoms with Crippen molar-refractivity contribution in [1.82, 2.24) is 0 Å². The molecule has 10 heteroatoms. The summed E-state index contributed by atoms with van der Waals surface area (Å²) >= 11 is 4.56. The molecule has 3 unspecified atom stereocenters. The quantitative estimate of drug-likeness (QED) is 0.0258. The van der Waals surface area contributed by atoms with Gasteiger partial charge in [0, 0.05) is 0 Å². The van der Waals surface area contributed by atoms with Gasteiger partial charge in [0.05, 0.1) is 25.3 Å². The first kappa shape index (κ1) is 54.9. The van der Waals surface area contributed by atoms with Crippen molar-refractivity contribution in [1.29, 1.82) is 0 Å². The molecule has 0 fully saturated rings. The van der Waals surface area contributed by atoms with Gasteiger partial charge >= 0.3 is 17.9 Å². The second-order valence-corrected chi connectivity index (χ2v) is 26.0. The number of unbranched alkanes of at least 4 members (excludes halogenated alkanes) is 27. The fraction of sp³-hybridized carbons (Fsp3) is 0.933. The lowest BCUT2D eigenvalue weighted by Crippen LogP contribution is -2.20. The first-order valence-electron chi connectivity index (χ1n) is 23.1. The molecule has 0 heterocycles. The fourth-order valence-electron chi connectivity index (χ4n) is 6.23. The van der Waals surface area contributed by atoms with Crippen LogP contribution in [-0.2, 0) is 28.6 Å². The van der Waals surface area contributed by atoms with Gasteiger partial charge in [0.1, 0.15) is 15.7 Å². The Hall–Kier alpha value is -0.110. The molecule has 0 aromatic heterocycles. The minimum atomic E-state index is -1.03. The molecule has 0 aliphatic heterocycles. The second-order valence-electron chi connectivity index (χ2n) is 15.5. The Balaban J connectivity index is 4.73. The summed E-state index contributed by atoms with van der Waals surface area (Å²) in [4.78, 5) is 39.0. The highest BCUT2D eigenvalue weighted by atomic mass is 33.4. The topological polar surface area (TPSA) is 78.9 Å². The summed E-state index contributed by atoms with van der Waals surface area (Å²) in [5, 5.41) is -1.17. The van der Waals surface area contributed by atoms with E-state index in [-0.39, 0.29) is 33.7 Å². The van der Waals surface area contributed by atoms with Crippen molar-refractivity contribution >= 4 is 57.6 Å². The Morgan fingerprint density at radius 2 is 0.527 bits per heavy atom. The Labute approximate surface area is 354 Å². The lowest BCUT2D eigenvalue weighted by atomic mass is 10.1. The molecule has 0 radical (unpaired) electrons. The second kappa shape index (κ2) is 42.0. The van der Waals surface area contributed by atoms with Crippen molar-refractivity contribution in [2.45, 2.75) is 250 Å². The van der Waals surface area contributed by atoms with Gasteiger partial charge in [-0.15, -0.1) is 0 Å². The Morgan fingerprint density at radius 3 is 0.727 bits per heavy atom. The maximum atomic E-state index is 13.0. The minimum absolute atomic E-state index is 0.220. The smallest absolute Gasteiger partial charge is 0.319 e. The van der Waals surface area contributed by atoms with E-state index in [1.54, 1.807) is 0 Å². The summed E-state index contributed by atoms with van der Waals surface area (Å²) in [6.07, 6.45) is 37.1. The highest BCUT2D eigenvalue weighted by Crippen LogP contribution is 2.73. The minimum Gasteiger partial charge on any atom is -0.465 e. The number of hydrogen-bond acceptors (Lipinski definition) is 9. The number of hydrogen-bond donors (Lipinski definition) is 0. The molecule has 3 atom stereocenters. The molecule has 0 saturated heterocycles. The van der Waals surface area contributed by atoms with Crippen LogP contribution in [0.5, 0.6) is 0 Å². The van der Waals surface area contributed by atoms with Gasteiger partial charge in [0.25, 0.3) is 0 Å². The van der Waals surface area contributed by atoms with Crippen molar-refractivity contribution in [3.63, 3.8) is 0 Å². The molecule has 0 spiro atoms. The molecular formula is C45H87O6PS3. The van der Waals surface area contributed by atoms with Crippen molar-refractivity contribution in [2.75, 3.05) is 19.8 Å². The lowest BCUT2D eigenvalue weighted by Gasteiger charge is -2.23. The number of carbonyl (C=O) groups is 3. The maximum absolute atomic E-state index is 13.0. The predicted molar refractivity (Wildman–Crippen MR) is 246 cm³/mol. The van der Waals surface area contributed by atoms with Crippen LogP contribution in [0.2, 0.25) is 0 Å². The van der Waals surface area contributed by atoms with Crippen LogP contribution in [0.25, 0.3) is 0 Å². The first-order valence-corrected chi connectivity index (χ1v) is 28.9. The molecular weight excluding hydrogens is 764 g/mol. The summed E-state index contributed by atoms with van der Waals surface area (Å²) < 4.78 is 17.0. The van der Waals surface area contributed by atoms with Gasteiger partial charge < -0.3 is 14.2 Å². The van der Waals surface area contributed by atoms with E-state index in [1.807, 2.05) is 20.8 Å². The standard InChI is InChI=1S/C45H87O6PS3/c1-7-10-13-16-19-22-25-28-31-34-37-49-43(46)40(4)53-52(54-41(5)44(47)50-38-35-32-29-26-23-20-17-14-11-8-2)55-42(6)45(48)51-39-36-33-30-27-24-21-18-15-12-9-3/h40-42H,7-39H2,1-6H3. The molecule has 326 valence electrons. The van der Waals surface area contributed by atoms with E-state index in [2.05, 4.69) is 20.8 Å². The fourth-order valence-corrected chi connectivity index (χ4v) is 19.5. The van der Waals surface area contributed by atoms with Crippen molar-refractivity contribution in [2.24, 2.45) is 0 Å². The van der Waals surface area contributed by atoms with Gasteiger partial charge in [-0.05, 0) is 40.0 Å². The average molecular weight is 851 g/mol. The van der Waals surface area contributed by atoms with Crippen LogP contribution in [0.4, 0.5) is 0 Å². The summed E-state index contributed by atoms with van der Waals surface area (Å²) in [5.41, 5.74) is -1.03. The molecule has 0 aliphatic rings. The molecule has 0 N–H and O–H groups in total.